The van der Waals surface area contributed by atoms with Crippen molar-refractivity contribution < 1.29 is 12.8 Å². The Bertz CT molecular complexity index is 609. The van der Waals surface area contributed by atoms with E-state index < -0.39 is 15.8 Å². The zero-order valence-electron chi connectivity index (χ0n) is 12.1. The molecule has 7 heteroatoms. The molecule has 1 aromatic rings. The molecule has 2 atom stereocenters. The Kier molecular flexibility index (Phi) is 5.24. The lowest BCUT2D eigenvalue weighted by Crippen LogP contribution is -2.57. The van der Waals surface area contributed by atoms with E-state index in [2.05, 4.69) is 5.32 Å². The summed E-state index contributed by atoms with van der Waals surface area (Å²) >= 11 is 5.97. The molecule has 1 saturated heterocycles. The molecular weight excluding hydrogens is 315 g/mol. The van der Waals surface area contributed by atoms with Gasteiger partial charge in [0.25, 0.3) is 0 Å². The normalized spacial score (nSPS) is 24.2. The molecule has 0 amide bonds. The summed E-state index contributed by atoms with van der Waals surface area (Å²) in [6.45, 7) is 4.92. The van der Waals surface area contributed by atoms with Crippen LogP contribution in [0.2, 0.25) is 5.02 Å². The van der Waals surface area contributed by atoms with Gasteiger partial charge in [0.05, 0.1) is 5.02 Å². The molecule has 2 unspecified atom stereocenters. The summed E-state index contributed by atoms with van der Waals surface area (Å²) in [5.74, 6) is -0.604. The van der Waals surface area contributed by atoms with Gasteiger partial charge in [0.15, 0.2) is 0 Å². The van der Waals surface area contributed by atoms with Crippen molar-refractivity contribution in [3.8, 4) is 0 Å². The van der Waals surface area contributed by atoms with Crippen LogP contribution in [0.25, 0.3) is 0 Å². The number of piperazine rings is 1. The summed E-state index contributed by atoms with van der Waals surface area (Å²) in [4.78, 5) is -0.153. The van der Waals surface area contributed by atoms with Gasteiger partial charge in [0.2, 0.25) is 10.0 Å². The summed E-state index contributed by atoms with van der Waals surface area (Å²) < 4.78 is 40.5. The summed E-state index contributed by atoms with van der Waals surface area (Å²) in [6.07, 6.45) is 1.52. The molecule has 1 aliphatic rings. The van der Waals surface area contributed by atoms with Crippen LogP contribution in [0.15, 0.2) is 23.1 Å². The Hall–Kier alpha value is -0.690. The Balaban J connectivity index is 2.42. The molecule has 0 bridgehead atoms. The minimum atomic E-state index is -3.80. The van der Waals surface area contributed by atoms with Gasteiger partial charge in [0.1, 0.15) is 10.7 Å². The van der Waals surface area contributed by atoms with Crippen molar-refractivity contribution in [3.63, 3.8) is 0 Å². The van der Waals surface area contributed by atoms with E-state index >= 15 is 0 Å². The van der Waals surface area contributed by atoms with Crippen molar-refractivity contribution >= 4 is 21.6 Å². The second-order valence-electron chi connectivity index (χ2n) is 5.22. The second-order valence-corrected chi connectivity index (χ2v) is 7.49. The summed E-state index contributed by atoms with van der Waals surface area (Å²) in [5.41, 5.74) is 0. The Morgan fingerprint density at radius 1 is 1.38 bits per heavy atom. The fourth-order valence-electron chi connectivity index (χ4n) is 2.55. The molecule has 0 aliphatic carbocycles. The number of rotatable bonds is 4. The van der Waals surface area contributed by atoms with Crippen LogP contribution in [0.1, 0.15) is 26.7 Å². The van der Waals surface area contributed by atoms with E-state index in [1.807, 2.05) is 13.8 Å². The largest absolute Gasteiger partial charge is 0.311 e. The van der Waals surface area contributed by atoms with Crippen LogP contribution in [0.5, 0.6) is 0 Å². The van der Waals surface area contributed by atoms with Crippen molar-refractivity contribution in [2.24, 2.45) is 0 Å². The number of nitrogens with one attached hydrogen (secondary N) is 1. The monoisotopic (exact) mass is 334 g/mol. The standard InChI is InChI=1S/C14H20ClFN2O2S/c1-3-11-9-18(12(4-2)8-17-11)21(19,20)14-7-10(16)5-6-13(14)15/h5-7,11-12,17H,3-4,8-9H2,1-2H3. The van der Waals surface area contributed by atoms with Gasteiger partial charge in [-0.25, -0.2) is 12.8 Å². The van der Waals surface area contributed by atoms with Gasteiger partial charge in [-0.05, 0) is 31.0 Å². The van der Waals surface area contributed by atoms with Gasteiger partial charge < -0.3 is 5.32 Å². The molecule has 0 saturated carbocycles. The molecule has 0 spiro atoms. The number of sulfonamides is 1. The zero-order chi connectivity index (χ0) is 15.6. The van der Waals surface area contributed by atoms with E-state index in [9.17, 15) is 12.8 Å². The minimum absolute atomic E-state index is 0.0536. The maximum absolute atomic E-state index is 13.4. The van der Waals surface area contributed by atoms with Gasteiger partial charge in [0, 0.05) is 25.2 Å². The SMILES string of the molecule is CCC1CN(S(=O)(=O)c2cc(F)ccc2Cl)C(CC)CN1. The van der Waals surface area contributed by atoms with Crippen LogP contribution in [0, 0.1) is 5.82 Å². The maximum atomic E-state index is 13.4. The van der Waals surface area contributed by atoms with Gasteiger partial charge in [-0.1, -0.05) is 25.4 Å². The van der Waals surface area contributed by atoms with Crippen LogP contribution < -0.4 is 5.32 Å². The van der Waals surface area contributed by atoms with Crippen LogP contribution >= 0.6 is 11.6 Å². The highest BCUT2D eigenvalue weighted by Gasteiger charge is 2.36. The van der Waals surface area contributed by atoms with Gasteiger partial charge in [-0.15, -0.1) is 0 Å². The van der Waals surface area contributed by atoms with Gasteiger partial charge >= 0.3 is 0 Å². The molecule has 1 aliphatic heterocycles. The molecule has 1 aromatic carbocycles. The highest BCUT2D eigenvalue weighted by molar-refractivity contribution is 7.89. The third-order valence-corrected chi connectivity index (χ3v) is 6.29. The van der Waals surface area contributed by atoms with Crippen molar-refractivity contribution in [2.45, 2.75) is 43.7 Å². The number of nitrogens with zero attached hydrogens (tertiary/aromatic N) is 1. The van der Waals surface area contributed by atoms with Gasteiger partial charge in [-0.2, -0.15) is 4.31 Å². The fraction of sp³-hybridized carbons (Fsp3) is 0.571. The Morgan fingerprint density at radius 3 is 2.71 bits per heavy atom. The van der Waals surface area contributed by atoms with Crippen LogP contribution in [0.4, 0.5) is 4.39 Å². The van der Waals surface area contributed by atoms with E-state index in [0.717, 1.165) is 18.6 Å². The topological polar surface area (TPSA) is 49.4 Å². The average molecular weight is 335 g/mol. The van der Waals surface area contributed by atoms with Crippen molar-refractivity contribution in [1.29, 1.82) is 0 Å². The highest BCUT2D eigenvalue weighted by atomic mass is 35.5. The summed E-state index contributed by atoms with van der Waals surface area (Å²) in [7, 11) is -3.80. The lowest BCUT2D eigenvalue weighted by Gasteiger charge is -2.39. The molecule has 1 N–H and O–H groups in total. The second kappa shape index (κ2) is 6.60. The molecule has 21 heavy (non-hydrogen) atoms. The fourth-order valence-corrected chi connectivity index (χ4v) is 4.78. The molecule has 1 fully saturated rings. The molecule has 118 valence electrons. The van der Waals surface area contributed by atoms with Gasteiger partial charge in [-0.3, -0.25) is 0 Å². The summed E-state index contributed by atoms with van der Waals surface area (Å²) in [6, 6.07) is 3.40. The van der Waals surface area contributed by atoms with Crippen molar-refractivity contribution in [2.75, 3.05) is 13.1 Å². The lowest BCUT2D eigenvalue weighted by atomic mass is 10.1. The third kappa shape index (κ3) is 3.39. The maximum Gasteiger partial charge on any atom is 0.245 e. The number of hydrogen-bond acceptors (Lipinski definition) is 3. The minimum Gasteiger partial charge on any atom is -0.311 e. The first kappa shape index (κ1) is 16.7. The average Bonchev–Trinajstić information content (AvgIpc) is 2.48. The smallest absolute Gasteiger partial charge is 0.245 e. The molecule has 0 radical (unpaired) electrons. The molecule has 2 rings (SSSR count). The molecule has 0 aromatic heterocycles. The zero-order valence-corrected chi connectivity index (χ0v) is 13.7. The third-order valence-electron chi connectivity index (χ3n) is 3.89. The number of halogens is 2. The quantitative estimate of drug-likeness (QED) is 0.921. The Morgan fingerprint density at radius 2 is 2.10 bits per heavy atom. The highest BCUT2D eigenvalue weighted by Crippen LogP contribution is 2.28. The van der Waals surface area contributed by atoms with Crippen LogP contribution in [0.3, 0.4) is 0 Å². The predicted molar refractivity (Wildman–Crippen MR) is 81.5 cm³/mol. The molecule has 4 nitrogen and oxygen atoms in total. The van der Waals surface area contributed by atoms with Crippen LogP contribution in [-0.4, -0.2) is 37.9 Å². The molecule has 1 heterocycles. The van der Waals surface area contributed by atoms with E-state index in [0.29, 0.717) is 19.5 Å². The summed E-state index contributed by atoms with van der Waals surface area (Å²) in [5, 5.41) is 3.39. The van der Waals surface area contributed by atoms with E-state index in [-0.39, 0.29) is 22.0 Å². The van der Waals surface area contributed by atoms with Crippen LogP contribution in [-0.2, 0) is 10.0 Å². The lowest BCUT2D eigenvalue weighted by molar-refractivity contribution is 0.215. The first-order chi connectivity index (χ1) is 9.90. The first-order valence-electron chi connectivity index (χ1n) is 7.10. The first-order valence-corrected chi connectivity index (χ1v) is 8.92. The Labute approximate surface area is 130 Å². The van der Waals surface area contributed by atoms with E-state index in [1.54, 1.807) is 0 Å². The number of benzene rings is 1. The number of hydrogen-bond donors (Lipinski definition) is 1. The van der Waals surface area contributed by atoms with Crippen molar-refractivity contribution in [3.05, 3.63) is 29.0 Å². The van der Waals surface area contributed by atoms with E-state index in [4.69, 9.17) is 11.6 Å². The van der Waals surface area contributed by atoms with E-state index in [1.165, 1.54) is 10.4 Å². The molecular formula is C14H20ClFN2O2S. The van der Waals surface area contributed by atoms with Crippen molar-refractivity contribution in [1.82, 2.24) is 9.62 Å². The predicted octanol–water partition coefficient (Wildman–Crippen LogP) is 2.63.